The summed E-state index contributed by atoms with van der Waals surface area (Å²) in [5, 5.41) is 0. The largest absolute Gasteiger partial charge is 0.352 e. The third-order valence-corrected chi connectivity index (χ3v) is 4.63. The fraction of sp³-hybridized carbons (Fsp3) is 0.400. The number of hydrogen-bond donors (Lipinski definition) is 0. The van der Waals surface area contributed by atoms with Crippen molar-refractivity contribution in [2.24, 2.45) is 0 Å². The van der Waals surface area contributed by atoms with Gasteiger partial charge in [0, 0.05) is 24.5 Å². The van der Waals surface area contributed by atoms with Crippen LogP contribution >= 0.6 is 0 Å². The summed E-state index contributed by atoms with van der Waals surface area (Å²) in [5.41, 5.74) is 9.62. The summed E-state index contributed by atoms with van der Waals surface area (Å²) in [5.74, 6) is 0. The van der Waals surface area contributed by atoms with Gasteiger partial charge in [-0.3, -0.25) is 0 Å². The quantitative estimate of drug-likeness (QED) is 0.804. The average molecular weight is 294 g/mol. The molecule has 22 heavy (non-hydrogen) atoms. The highest BCUT2D eigenvalue weighted by Gasteiger charge is 2.23. The second-order valence-electron chi connectivity index (χ2n) is 6.71. The van der Waals surface area contributed by atoms with Crippen molar-refractivity contribution in [3.05, 3.63) is 58.1 Å². The van der Waals surface area contributed by atoms with Crippen molar-refractivity contribution in [2.75, 3.05) is 29.6 Å². The van der Waals surface area contributed by atoms with Crippen LogP contribution in [0.4, 0.5) is 11.4 Å². The fourth-order valence-electron chi connectivity index (χ4n) is 3.80. The maximum absolute atomic E-state index is 2.52. The van der Waals surface area contributed by atoms with E-state index in [2.05, 4.69) is 74.8 Å². The SMILES string of the molecule is Cc1ccc(N2CCN(c3c(C)cc(C)cc3C)C2)c(C)c1. The highest BCUT2D eigenvalue weighted by molar-refractivity contribution is 5.64. The van der Waals surface area contributed by atoms with E-state index in [1.54, 1.807) is 0 Å². The predicted octanol–water partition coefficient (Wildman–Crippen LogP) is 4.51. The molecule has 1 heterocycles. The monoisotopic (exact) mass is 294 g/mol. The Bertz CT molecular complexity index is 680. The van der Waals surface area contributed by atoms with Crippen molar-refractivity contribution in [2.45, 2.75) is 34.6 Å². The second kappa shape index (κ2) is 5.68. The second-order valence-corrected chi connectivity index (χ2v) is 6.71. The molecule has 0 unspecified atom stereocenters. The lowest BCUT2D eigenvalue weighted by Gasteiger charge is -2.25. The van der Waals surface area contributed by atoms with Gasteiger partial charge in [-0.05, 0) is 57.4 Å². The molecule has 0 spiro atoms. The van der Waals surface area contributed by atoms with E-state index in [9.17, 15) is 0 Å². The van der Waals surface area contributed by atoms with E-state index in [-0.39, 0.29) is 0 Å². The molecule has 0 saturated carbocycles. The van der Waals surface area contributed by atoms with E-state index in [1.165, 1.54) is 39.2 Å². The Morgan fingerprint density at radius 1 is 0.682 bits per heavy atom. The summed E-state index contributed by atoms with van der Waals surface area (Å²) >= 11 is 0. The van der Waals surface area contributed by atoms with E-state index < -0.39 is 0 Å². The van der Waals surface area contributed by atoms with Gasteiger partial charge in [-0.1, -0.05) is 35.4 Å². The molecular weight excluding hydrogens is 268 g/mol. The van der Waals surface area contributed by atoms with Crippen LogP contribution in [-0.4, -0.2) is 19.8 Å². The molecule has 1 aliphatic heterocycles. The normalized spacial score (nSPS) is 14.8. The van der Waals surface area contributed by atoms with E-state index >= 15 is 0 Å². The van der Waals surface area contributed by atoms with Crippen molar-refractivity contribution in [3.8, 4) is 0 Å². The van der Waals surface area contributed by atoms with Crippen LogP contribution in [0, 0.1) is 34.6 Å². The summed E-state index contributed by atoms with van der Waals surface area (Å²) in [4.78, 5) is 5.01. The molecule has 0 aromatic heterocycles. The number of nitrogens with zero attached hydrogens (tertiary/aromatic N) is 2. The van der Waals surface area contributed by atoms with Gasteiger partial charge in [-0.25, -0.2) is 0 Å². The van der Waals surface area contributed by atoms with Gasteiger partial charge in [-0.2, -0.15) is 0 Å². The molecule has 1 aliphatic rings. The Hall–Kier alpha value is -1.96. The highest BCUT2D eigenvalue weighted by atomic mass is 15.4. The first-order valence-corrected chi connectivity index (χ1v) is 8.10. The summed E-state index contributed by atoms with van der Waals surface area (Å²) < 4.78 is 0. The van der Waals surface area contributed by atoms with E-state index in [1.807, 2.05) is 0 Å². The van der Waals surface area contributed by atoms with E-state index in [4.69, 9.17) is 0 Å². The van der Waals surface area contributed by atoms with Gasteiger partial charge in [-0.15, -0.1) is 0 Å². The Balaban J connectivity index is 1.86. The van der Waals surface area contributed by atoms with Crippen molar-refractivity contribution in [1.82, 2.24) is 0 Å². The molecule has 2 heteroatoms. The molecule has 116 valence electrons. The number of anilines is 2. The minimum atomic E-state index is 0.981. The molecule has 0 radical (unpaired) electrons. The molecular formula is C20H26N2. The van der Waals surface area contributed by atoms with Gasteiger partial charge in [0.2, 0.25) is 0 Å². The summed E-state index contributed by atoms with van der Waals surface area (Å²) in [6, 6.07) is 11.3. The molecule has 0 amide bonds. The molecule has 0 N–H and O–H groups in total. The zero-order valence-electron chi connectivity index (χ0n) is 14.4. The minimum absolute atomic E-state index is 0.981. The van der Waals surface area contributed by atoms with Crippen LogP contribution in [0.1, 0.15) is 27.8 Å². The smallest absolute Gasteiger partial charge is 0.0904 e. The van der Waals surface area contributed by atoms with Gasteiger partial charge in [0.1, 0.15) is 0 Å². The third-order valence-electron chi connectivity index (χ3n) is 4.63. The van der Waals surface area contributed by atoms with Crippen molar-refractivity contribution in [3.63, 3.8) is 0 Å². The summed E-state index contributed by atoms with van der Waals surface area (Å²) in [7, 11) is 0. The van der Waals surface area contributed by atoms with Crippen LogP contribution in [0.15, 0.2) is 30.3 Å². The number of hydrogen-bond acceptors (Lipinski definition) is 2. The van der Waals surface area contributed by atoms with Gasteiger partial charge >= 0.3 is 0 Å². The van der Waals surface area contributed by atoms with Gasteiger partial charge in [0.25, 0.3) is 0 Å². The Labute approximate surface area is 134 Å². The molecule has 2 aromatic carbocycles. The van der Waals surface area contributed by atoms with Crippen LogP contribution in [0.25, 0.3) is 0 Å². The molecule has 3 rings (SSSR count). The first-order valence-electron chi connectivity index (χ1n) is 8.10. The first kappa shape index (κ1) is 15.0. The Kier molecular flexibility index (Phi) is 3.86. The fourth-order valence-corrected chi connectivity index (χ4v) is 3.80. The highest BCUT2D eigenvalue weighted by Crippen LogP contribution is 2.31. The maximum atomic E-state index is 2.52. The molecule has 0 aliphatic carbocycles. The number of rotatable bonds is 2. The van der Waals surface area contributed by atoms with Crippen LogP contribution in [0.3, 0.4) is 0 Å². The molecule has 2 aromatic rings. The first-order chi connectivity index (χ1) is 10.5. The molecule has 0 atom stereocenters. The maximum Gasteiger partial charge on any atom is 0.0904 e. The van der Waals surface area contributed by atoms with Crippen molar-refractivity contribution < 1.29 is 0 Å². The lowest BCUT2D eigenvalue weighted by Crippen LogP contribution is -2.26. The van der Waals surface area contributed by atoms with Crippen LogP contribution < -0.4 is 9.80 Å². The van der Waals surface area contributed by atoms with E-state index in [0.717, 1.165) is 19.8 Å². The summed E-state index contributed by atoms with van der Waals surface area (Å²) in [6.45, 7) is 14.2. The predicted molar refractivity (Wildman–Crippen MR) is 96.1 cm³/mol. The van der Waals surface area contributed by atoms with Crippen LogP contribution in [0.2, 0.25) is 0 Å². The zero-order chi connectivity index (χ0) is 15.9. The minimum Gasteiger partial charge on any atom is -0.352 e. The number of aryl methyl sites for hydroxylation is 5. The average Bonchev–Trinajstić information content (AvgIpc) is 2.86. The molecule has 1 fully saturated rings. The van der Waals surface area contributed by atoms with Crippen molar-refractivity contribution >= 4 is 11.4 Å². The summed E-state index contributed by atoms with van der Waals surface area (Å²) in [6.07, 6.45) is 0. The number of benzene rings is 2. The van der Waals surface area contributed by atoms with Crippen LogP contribution in [-0.2, 0) is 0 Å². The zero-order valence-corrected chi connectivity index (χ0v) is 14.4. The van der Waals surface area contributed by atoms with Crippen LogP contribution in [0.5, 0.6) is 0 Å². The topological polar surface area (TPSA) is 6.48 Å². The molecule has 0 bridgehead atoms. The van der Waals surface area contributed by atoms with E-state index in [0.29, 0.717) is 0 Å². The lowest BCUT2D eigenvalue weighted by molar-refractivity contribution is 0.934. The van der Waals surface area contributed by atoms with Gasteiger partial charge in [0.15, 0.2) is 0 Å². The lowest BCUT2D eigenvalue weighted by atomic mass is 10.0. The van der Waals surface area contributed by atoms with Crippen molar-refractivity contribution in [1.29, 1.82) is 0 Å². The van der Waals surface area contributed by atoms with Gasteiger partial charge in [0.05, 0.1) is 6.67 Å². The standard InChI is InChI=1S/C20H26N2/c1-14-6-7-19(16(3)10-14)21-8-9-22(13-21)20-17(4)11-15(2)12-18(20)5/h6-7,10-12H,8-9,13H2,1-5H3. The Morgan fingerprint density at radius 3 is 1.91 bits per heavy atom. The molecule has 2 nitrogen and oxygen atoms in total. The molecule has 1 saturated heterocycles. The van der Waals surface area contributed by atoms with Gasteiger partial charge < -0.3 is 9.80 Å². The Morgan fingerprint density at radius 2 is 1.27 bits per heavy atom. The third kappa shape index (κ3) is 2.70.